The Bertz CT molecular complexity index is 3160. The molecule has 0 aliphatic rings. The molecule has 0 aliphatic heterocycles. The first-order chi connectivity index (χ1) is 29.5. The van der Waals surface area contributed by atoms with Crippen LogP contribution in [0.3, 0.4) is 0 Å². The van der Waals surface area contributed by atoms with Crippen LogP contribution in [0.2, 0.25) is 19.6 Å². The first kappa shape index (κ1) is 42.7. The molecule has 0 aliphatic carbocycles. The van der Waals surface area contributed by atoms with Crippen molar-refractivity contribution >= 4 is 57.0 Å². The molecule has 0 atom stereocenters. The van der Waals surface area contributed by atoms with Crippen LogP contribution in [0.15, 0.2) is 156 Å². The summed E-state index contributed by atoms with van der Waals surface area (Å²) in [6.45, 7) is 16.0. The second-order valence-electron chi connectivity index (χ2n) is 17.4. The van der Waals surface area contributed by atoms with E-state index in [1.54, 1.807) is 6.07 Å². The Morgan fingerprint density at radius 2 is 1.39 bits per heavy atom. The molecule has 3 heterocycles. The van der Waals surface area contributed by atoms with E-state index in [0.29, 0.717) is 11.2 Å². The SMILES string of the molecule is CC(C)c1cc(-c2ccccc2)cc(C(C)C)c1-n1c(-c2[c-]ccc3c2oc2cc(F)ccc23)nc2ccc3ccccc3c21.C[Si](C)(C)c1ccc(-c2[c-]cccc2)nc1.[Ir]. The summed E-state index contributed by atoms with van der Waals surface area (Å²) in [4.78, 5) is 9.85. The van der Waals surface area contributed by atoms with Gasteiger partial charge in [0.2, 0.25) is 0 Å². The van der Waals surface area contributed by atoms with E-state index in [1.807, 2.05) is 42.6 Å². The monoisotopic (exact) mass is 1010 g/mol. The summed E-state index contributed by atoms with van der Waals surface area (Å²) in [5, 5.41) is 5.45. The Morgan fingerprint density at radius 3 is 2.06 bits per heavy atom. The average Bonchev–Trinajstić information content (AvgIpc) is 3.85. The van der Waals surface area contributed by atoms with Gasteiger partial charge in [-0.3, -0.25) is 4.98 Å². The maximum absolute atomic E-state index is 14.3. The molecule has 3 aromatic heterocycles. The first-order valence-electron chi connectivity index (χ1n) is 21.1. The number of imidazole rings is 1. The normalized spacial score (nSPS) is 11.7. The first-order valence-corrected chi connectivity index (χ1v) is 24.6. The van der Waals surface area contributed by atoms with E-state index in [-0.39, 0.29) is 37.8 Å². The molecule has 62 heavy (non-hydrogen) atoms. The van der Waals surface area contributed by atoms with Gasteiger partial charge < -0.3 is 14.0 Å². The van der Waals surface area contributed by atoms with Gasteiger partial charge in [0.1, 0.15) is 11.4 Å². The third-order valence-corrected chi connectivity index (χ3v) is 13.5. The van der Waals surface area contributed by atoms with Crippen LogP contribution in [0.25, 0.3) is 83.2 Å². The molecule has 311 valence electrons. The van der Waals surface area contributed by atoms with Crippen molar-refractivity contribution in [3.05, 3.63) is 181 Å². The Morgan fingerprint density at radius 1 is 0.661 bits per heavy atom. The van der Waals surface area contributed by atoms with Crippen LogP contribution in [0, 0.1) is 17.9 Å². The van der Waals surface area contributed by atoms with Crippen LogP contribution < -0.4 is 5.19 Å². The van der Waals surface area contributed by atoms with Crippen LogP contribution in [0.4, 0.5) is 4.39 Å². The number of hydrogen-bond acceptors (Lipinski definition) is 3. The maximum Gasteiger partial charge on any atom is 0.126 e. The smallest absolute Gasteiger partial charge is 0.126 e. The number of pyridine rings is 1. The summed E-state index contributed by atoms with van der Waals surface area (Å²) in [5.74, 6) is 0.890. The quantitative estimate of drug-likeness (QED) is 0.118. The van der Waals surface area contributed by atoms with E-state index in [1.165, 1.54) is 39.6 Å². The van der Waals surface area contributed by atoms with Crippen LogP contribution >= 0.6 is 0 Å². The summed E-state index contributed by atoms with van der Waals surface area (Å²) < 4.78 is 23.0. The van der Waals surface area contributed by atoms with Crippen LogP contribution in [-0.4, -0.2) is 22.6 Å². The molecule has 0 bridgehead atoms. The molecule has 0 amide bonds. The van der Waals surface area contributed by atoms with Crippen LogP contribution in [0.1, 0.15) is 50.7 Å². The van der Waals surface area contributed by atoms with Gasteiger partial charge in [-0.1, -0.05) is 131 Å². The molecule has 10 rings (SSSR count). The number of benzene rings is 7. The molecule has 0 N–H and O–H groups in total. The van der Waals surface area contributed by atoms with Crippen LogP contribution in [0.5, 0.6) is 0 Å². The largest absolute Gasteiger partial charge is 0.500 e. The summed E-state index contributed by atoms with van der Waals surface area (Å²) in [5.41, 5.74) is 11.9. The zero-order valence-electron chi connectivity index (χ0n) is 36.0. The Labute approximate surface area is 377 Å². The fourth-order valence-electron chi connectivity index (χ4n) is 8.27. The number of aromatic nitrogens is 3. The van der Waals surface area contributed by atoms with Crippen molar-refractivity contribution in [3.8, 4) is 39.5 Å². The van der Waals surface area contributed by atoms with E-state index in [9.17, 15) is 4.39 Å². The molecule has 0 saturated heterocycles. The Balaban J connectivity index is 0.000000263. The minimum atomic E-state index is -1.23. The molecule has 10 aromatic rings. The van der Waals surface area contributed by atoms with Gasteiger partial charge in [-0.25, -0.2) is 4.39 Å². The fourth-order valence-corrected chi connectivity index (χ4v) is 9.31. The molecular formula is C55H48FIrN3OSi-2. The number of hydrogen-bond donors (Lipinski definition) is 0. The van der Waals surface area contributed by atoms with Crippen molar-refractivity contribution in [2.75, 3.05) is 0 Å². The van der Waals surface area contributed by atoms with Gasteiger partial charge in [-0.2, -0.15) is 0 Å². The molecule has 4 nitrogen and oxygen atoms in total. The molecule has 7 heteroatoms. The molecule has 0 spiro atoms. The van der Waals surface area contributed by atoms with Gasteiger partial charge in [0.15, 0.2) is 0 Å². The zero-order valence-corrected chi connectivity index (χ0v) is 39.4. The topological polar surface area (TPSA) is 43.9 Å². The van der Waals surface area contributed by atoms with Gasteiger partial charge in [0.25, 0.3) is 0 Å². The van der Waals surface area contributed by atoms with Gasteiger partial charge in [0, 0.05) is 48.8 Å². The minimum Gasteiger partial charge on any atom is -0.500 e. The number of nitrogens with zero attached hydrogens (tertiary/aromatic N) is 3. The maximum atomic E-state index is 14.3. The second kappa shape index (κ2) is 17.4. The summed E-state index contributed by atoms with van der Waals surface area (Å²) in [6, 6.07) is 55.6. The summed E-state index contributed by atoms with van der Waals surface area (Å²) in [7, 11) is -1.23. The van der Waals surface area contributed by atoms with Crippen molar-refractivity contribution in [2.24, 2.45) is 0 Å². The van der Waals surface area contributed by atoms with Gasteiger partial charge >= 0.3 is 0 Å². The third-order valence-electron chi connectivity index (χ3n) is 11.5. The molecule has 0 fully saturated rings. The molecule has 1 radical (unpaired) electrons. The van der Waals surface area contributed by atoms with E-state index in [0.717, 1.165) is 60.9 Å². The molecular weight excluding hydrogens is 958 g/mol. The van der Waals surface area contributed by atoms with Crippen molar-refractivity contribution in [1.29, 1.82) is 0 Å². The number of halogens is 1. The number of fused-ring (bicyclic) bond motifs is 6. The predicted molar refractivity (Wildman–Crippen MR) is 255 cm³/mol. The minimum absolute atomic E-state index is 0. The van der Waals surface area contributed by atoms with Gasteiger partial charge in [-0.15, -0.1) is 54.1 Å². The van der Waals surface area contributed by atoms with Crippen molar-refractivity contribution in [3.63, 3.8) is 0 Å². The Kier molecular flexibility index (Phi) is 12.0. The average molecular weight is 1010 g/mol. The number of rotatable bonds is 7. The van der Waals surface area contributed by atoms with Crippen LogP contribution in [-0.2, 0) is 20.1 Å². The van der Waals surface area contributed by atoms with Gasteiger partial charge in [-0.05, 0) is 80.7 Å². The summed E-state index contributed by atoms with van der Waals surface area (Å²) in [6.07, 6.45) is 2.02. The Hall–Kier alpha value is -5.98. The van der Waals surface area contributed by atoms with Gasteiger partial charge in [0.05, 0.1) is 30.5 Å². The van der Waals surface area contributed by atoms with E-state index < -0.39 is 8.07 Å². The molecule has 0 unspecified atom stereocenters. The van der Waals surface area contributed by atoms with E-state index in [2.05, 4.69) is 160 Å². The number of furan rings is 1. The zero-order chi connectivity index (χ0) is 42.4. The standard InChI is InChI=1S/C41H32FN2O.C14H16NSi.Ir/c1-24(2)34-21-28(26-11-6-5-7-12-26)22-35(25(3)4)38(34)44-39-30-14-9-8-13-27(30)17-20-36(39)43-41(44)33-16-10-15-32-31-19-18-29(42)23-37(31)45-40(32)33;1-16(2,3)13-9-10-14(15-11-13)12-7-5-4-6-8-12;/h5-15,17-25H,1-4H3;4-7,9-11H,1-3H3;/q2*-1;. The summed E-state index contributed by atoms with van der Waals surface area (Å²) >= 11 is 0. The fraction of sp³-hybridized carbons (Fsp3) is 0.164. The molecule has 7 aromatic carbocycles. The third kappa shape index (κ3) is 8.09. The van der Waals surface area contributed by atoms with Crippen molar-refractivity contribution < 1.29 is 28.9 Å². The second-order valence-corrected chi connectivity index (χ2v) is 22.5. The van der Waals surface area contributed by atoms with Crippen molar-refractivity contribution in [1.82, 2.24) is 14.5 Å². The van der Waals surface area contributed by atoms with Crippen molar-refractivity contribution in [2.45, 2.75) is 59.2 Å². The van der Waals surface area contributed by atoms with E-state index in [4.69, 9.17) is 9.40 Å². The predicted octanol–water partition coefficient (Wildman–Crippen LogP) is 14.7. The van der Waals surface area contributed by atoms with E-state index >= 15 is 0 Å². The molecule has 0 saturated carbocycles.